The van der Waals surface area contributed by atoms with Crippen LogP contribution < -0.4 is 5.32 Å². The molecule has 0 aliphatic carbocycles. The van der Waals surface area contributed by atoms with Crippen LogP contribution in [0.15, 0.2) is 23.2 Å². The Labute approximate surface area is 161 Å². The zero-order valence-electron chi connectivity index (χ0n) is 15.6. The van der Waals surface area contributed by atoms with Gasteiger partial charge in [0.05, 0.1) is 10.0 Å². The lowest BCUT2D eigenvalue weighted by Crippen LogP contribution is -2.52. The van der Waals surface area contributed by atoms with E-state index in [1.807, 2.05) is 32.3 Å². The van der Waals surface area contributed by atoms with E-state index in [0.29, 0.717) is 16.1 Å². The minimum absolute atomic E-state index is 0.476. The van der Waals surface area contributed by atoms with Crippen LogP contribution in [0.5, 0.6) is 0 Å². The van der Waals surface area contributed by atoms with Crippen molar-refractivity contribution >= 4 is 29.2 Å². The highest BCUT2D eigenvalue weighted by Gasteiger charge is 2.19. The van der Waals surface area contributed by atoms with E-state index in [4.69, 9.17) is 23.2 Å². The molecule has 1 N–H and O–H groups in total. The SMILES string of the molecule is CN=C(NCC(C)N1CCN(C)CC1)N(C)Cc1ccc(Cl)c(Cl)c1. The molecule has 0 bridgehead atoms. The highest BCUT2D eigenvalue weighted by molar-refractivity contribution is 6.42. The number of hydrogen-bond acceptors (Lipinski definition) is 3. The lowest BCUT2D eigenvalue weighted by molar-refractivity contribution is 0.119. The van der Waals surface area contributed by atoms with Crippen LogP contribution in [0.3, 0.4) is 0 Å². The highest BCUT2D eigenvalue weighted by Crippen LogP contribution is 2.23. The molecule has 0 saturated carbocycles. The van der Waals surface area contributed by atoms with E-state index in [-0.39, 0.29) is 0 Å². The van der Waals surface area contributed by atoms with Gasteiger partial charge in [-0.1, -0.05) is 29.3 Å². The van der Waals surface area contributed by atoms with Crippen LogP contribution in [0.2, 0.25) is 10.0 Å². The number of nitrogens with one attached hydrogen (secondary N) is 1. The third kappa shape index (κ3) is 6.03. The van der Waals surface area contributed by atoms with Gasteiger partial charge in [-0.3, -0.25) is 9.89 Å². The minimum Gasteiger partial charge on any atom is -0.355 e. The summed E-state index contributed by atoms with van der Waals surface area (Å²) in [7, 11) is 6.02. The Hall–Kier alpha value is -1.01. The zero-order chi connectivity index (χ0) is 18.4. The van der Waals surface area contributed by atoms with Crippen molar-refractivity contribution in [2.24, 2.45) is 4.99 Å². The number of benzene rings is 1. The van der Waals surface area contributed by atoms with Crippen molar-refractivity contribution in [3.63, 3.8) is 0 Å². The quantitative estimate of drug-likeness (QED) is 0.623. The molecular formula is C18H29Cl2N5. The normalized spacial score (nSPS) is 18.2. The second-order valence-corrected chi connectivity index (χ2v) is 7.54. The van der Waals surface area contributed by atoms with Gasteiger partial charge in [-0.05, 0) is 31.7 Å². The molecule has 140 valence electrons. The first kappa shape index (κ1) is 20.3. The predicted octanol–water partition coefficient (Wildman–Crippen LogP) is 2.64. The van der Waals surface area contributed by atoms with Gasteiger partial charge in [0.25, 0.3) is 0 Å². The molecule has 1 saturated heterocycles. The van der Waals surface area contributed by atoms with E-state index in [1.54, 1.807) is 0 Å². The monoisotopic (exact) mass is 385 g/mol. The molecule has 0 amide bonds. The van der Waals surface area contributed by atoms with Crippen molar-refractivity contribution < 1.29 is 0 Å². The molecule has 1 heterocycles. The second-order valence-electron chi connectivity index (χ2n) is 6.72. The molecule has 1 atom stereocenters. The molecule has 0 spiro atoms. The molecular weight excluding hydrogens is 357 g/mol. The Kier molecular flexibility index (Phi) is 7.81. The third-order valence-corrected chi connectivity index (χ3v) is 5.43. The Morgan fingerprint density at radius 2 is 1.92 bits per heavy atom. The maximum atomic E-state index is 6.10. The van der Waals surface area contributed by atoms with E-state index < -0.39 is 0 Å². The number of likely N-dealkylation sites (N-methyl/N-ethyl adjacent to an activating group) is 1. The largest absolute Gasteiger partial charge is 0.355 e. The molecule has 1 aliphatic heterocycles. The number of halogens is 2. The van der Waals surface area contributed by atoms with E-state index in [2.05, 4.69) is 39.0 Å². The minimum atomic E-state index is 0.476. The van der Waals surface area contributed by atoms with Crippen molar-refractivity contribution in [2.45, 2.75) is 19.5 Å². The summed E-state index contributed by atoms with van der Waals surface area (Å²) in [6, 6.07) is 6.20. The summed E-state index contributed by atoms with van der Waals surface area (Å²) in [5.41, 5.74) is 1.10. The van der Waals surface area contributed by atoms with Crippen LogP contribution in [-0.4, -0.2) is 80.6 Å². The average molecular weight is 386 g/mol. The fraction of sp³-hybridized carbons (Fsp3) is 0.611. The number of rotatable bonds is 5. The van der Waals surface area contributed by atoms with E-state index >= 15 is 0 Å². The van der Waals surface area contributed by atoms with Crippen molar-refractivity contribution in [2.75, 3.05) is 53.9 Å². The van der Waals surface area contributed by atoms with Gasteiger partial charge >= 0.3 is 0 Å². The van der Waals surface area contributed by atoms with E-state index in [0.717, 1.165) is 50.8 Å². The first-order valence-electron chi connectivity index (χ1n) is 8.69. The molecule has 1 aromatic carbocycles. The standard InChI is InChI=1S/C18H29Cl2N5/c1-14(25-9-7-23(3)8-10-25)12-22-18(21-2)24(4)13-15-5-6-16(19)17(20)11-15/h5-6,11,14H,7-10,12-13H2,1-4H3,(H,21,22). The topological polar surface area (TPSA) is 34.1 Å². The number of hydrogen-bond donors (Lipinski definition) is 1. The molecule has 1 aliphatic rings. The number of aliphatic imine (C=N–C) groups is 1. The maximum Gasteiger partial charge on any atom is 0.193 e. The summed E-state index contributed by atoms with van der Waals surface area (Å²) in [5.74, 6) is 0.882. The predicted molar refractivity (Wildman–Crippen MR) is 108 cm³/mol. The number of nitrogens with zero attached hydrogens (tertiary/aromatic N) is 4. The van der Waals surface area contributed by atoms with Gasteiger partial charge in [0.2, 0.25) is 0 Å². The van der Waals surface area contributed by atoms with E-state index in [1.165, 1.54) is 0 Å². The Morgan fingerprint density at radius 1 is 1.24 bits per heavy atom. The molecule has 1 unspecified atom stereocenters. The van der Waals surface area contributed by atoms with Crippen LogP contribution in [0, 0.1) is 0 Å². The van der Waals surface area contributed by atoms with Gasteiger partial charge < -0.3 is 15.1 Å². The van der Waals surface area contributed by atoms with Crippen molar-refractivity contribution in [3.05, 3.63) is 33.8 Å². The number of guanidine groups is 1. The van der Waals surface area contributed by atoms with Gasteiger partial charge in [-0.2, -0.15) is 0 Å². The third-order valence-electron chi connectivity index (χ3n) is 4.69. The first-order chi connectivity index (χ1) is 11.9. The second kappa shape index (κ2) is 9.62. The van der Waals surface area contributed by atoms with Crippen molar-refractivity contribution in [1.29, 1.82) is 0 Å². The Balaban J connectivity index is 1.85. The smallest absolute Gasteiger partial charge is 0.193 e. The zero-order valence-corrected chi connectivity index (χ0v) is 17.1. The summed E-state index contributed by atoms with van der Waals surface area (Å²) in [4.78, 5) is 11.4. The average Bonchev–Trinajstić information content (AvgIpc) is 2.59. The number of piperazine rings is 1. The Morgan fingerprint density at radius 3 is 2.52 bits per heavy atom. The van der Waals surface area contributed by atoms with Gasteiger partial charge in [0.1, 0.15) is 0 Å². The van der Waals surface area contributed by atoms with Crippen LogP contribution >= 0.6 is 23.2 Å². The summed E-state index contributed by atoms with van der Waals surface area (Å²) < 4.78 is 0. The van der Waals surface area contributed by atoms with Crippen LogP contribution in [0.1, 0.15) is 12.5 Å². The lowest BCUT2D eigenvalue weighted by Gasteiger charge is -2.37. The van der Waals surface area contributed by atoms with Gasteiger partial charge in [-0.15, -0.1) is 0 Å². The molecule has 1 fully saturated rings. The van der Waals surface area contributed by atoms with Crippen molar-refractivity contribution in [1.82, 2.24) is 20.0 Å². The maximum absolute atomic E-state index is 6.10. The molecule has 25 heavy (non-hydrogen) atoms. The summed E-state index contributed by atoms with van der Waals surface area (Å²) in [6.45, 7) is 8.38. The van der Waals surface area contributed by atoms with Gasteiger partial charge in [0, 0.05) is 59.4 Å². The van der Waals surface area contributed by atoms with E-state index in [9.17, 15) is 0 Å². The van der Waals surface area contributed by atoms with Gasteiger partial charge in [0.15, 0.2) is 5.96 Å². The van der Waals surface area contributed by atoms with Gasteiger partial charge in [-0.25, -0.2) is 0 Å². The summed E-state index contributed by atoms with van der Waals surface area (Å²) in [6.07, 6.45) is 0. The van der Waals surface area contributed by atoms with Crippen molar-refractivity contribution in [3.8, 4) is 0 Å². The molecule has 0 aromatic heterocycles. The molecule has 0 radical (unpaired) electrons. The summed E-state index contributed by atoms with van der Waals surface area (Å²) in [5, 5.41) is 4.65. The van der Waals surface area contributed by atoms with Crippen LogP contribution in [0.25, 0.3) is 0 Å². The highest BCUT2D eigenvalue weighted by atomic mass is 35.5. The molecule has 7 heteroatoms. The first-order valence-corrected chi connectivity index (χ1v) is 9.44. The van der Waals surface area contributed by atoms with Crippen LogP contribution in [-0.2, 0) is 6.54 Å². The Bertz CT molecular complexity index is 585. The fourth-order valence-corrected chi connectivity index (χ4v) is 3.32. The van der Waals surface area contributed by atoms with Crippen LogP contribution in [0.4, 0.5) is 0 Å². The molecule has 2 rings (SSSR count). The lowest BCUT2D eigenvalue weighted by atomic mass is 10.2. The fourth-order valence-electron chi connectivity index (χ4n) is 3.00. The molecule has 1 aromatic rings. The summed E-state index contributed by atoms with van der Waals surface area (Å²) >= 11 is 12.1. The molecule has 5 nitrogen and oxygen atoms in total.